The summed E-state index contributed by atoms with van der Waals surface area (Å²) in [6.45, 7) is 10.1. The molecular formula is C52H61N9O6. The quantitative estimate of drug-likeness (QED) is 0.0867. The number of methoxy groups -OCH3 is 2. The van der Waals surface area contributed by atoms with Gasteiger partial charge in [-0.2, -0.15) is 0 Å². The summed E-state index contributed by atoms with van der Waals surface area (Å²) in [6, 6.07) is 18.8. The minimum absolute atomic E-state index is 0.0879. The molecule has 2 saturated carbocycles. The number of benzene rings is 3. The molecule has 67 heavy (non-hydrogen) atoms. The van der Waals surface area contributed by atoms with Gasteiger partial charge < -0.3 is 45.2 Å². The molecule has 5 aromatic rings. The Balaban J connectivity index is 0.860. The number of alkyl carbamates (subject to hydrolysis) is 2. The Hall–Kier alpha value is -6.22. The maximum atomic E-state index is 14.1. The molecule has 4 amide bonds. The first kappa shape index (κ1) is 43.4. The van der Waals surface area contributed by atoms with Crippen LogP contribution in [-0.4, -0.2) is 92.1 Å². The van der Waals surface area contributed by atoms with Crippen LogP contribution in [0.25, 0.3) is 44.5 Å². The Morgan fingerprint density at radius 3 is 1.73 bits per heavy atom. The van der Waals surface area contributed by atoms with E-state index in [1.807, 2.05) is 43.7 Å². The number of carbonyl (C=O) groups excluding carboxylic acids is 4. The number of H-pyrrole nitrogens is 2. The topological polar surface area (TPSA) is 187 Å². The van der Waals surface area contributed by atoms with Crippen LogP contribution in [0, 0.1) is 29.6 Å². The van der Waals surface area contributed by atoms with Gasteiger partial charge in [0.2, 0.25) is 11.8 Å². The smallest absolute Gasteiger partial charge is 0.407 e. The highest BCUT2D eigenvalue weighted by atomic mass is 16.5. The third-order valence-corrected chi connectivity index (χ3v) is 15.7. The van der Waals surface area contributed by atoms with E-state index >= 15 is 0 Å². The second-order valence-electron chi connectivity index (χ2n) is 20.8. The van der Waals surface area contributed by atoms with Gasteiger partial charge >= 0.3 is 12.2 Å². The van der Waals surface area contributed by atoms with Gasteiger partial charge in [-0.1, -0.05) is 77.1 Å². The summed E-state index contributed by atoms with van der Waals surface area (Å²) in [7, 11) is 2.63. The van der Waals surface area contributed by atoms with Crippen molar-refractivity contribution in [3.05, 3.63) is 83.6 Å². The highest BCUT2D eigenvalue weighted by molar-refractivity contribution is 5.89. The van der Waals surface area contributed by atoms with E-state index in [9.17, 15) is 19.2 Å². The van der Waals surface area contributed by atoms with E-state index in [0.29, 0.717) is 17.8 Å². The minimum atomic E-state index is -0.685. The Morgan fingerprint density at radius 2 is 1.18 bits per heavy atom. The first-order chi connectivity index (χ1) is 32.3. The fourth-order valence-electron chi connectivity index (χ4n) is 12.2. The standard InChI is InChI=1S/C52H61N9O6/c1-24(2)45(58-51(64)66-6)49(62)60-39-19-30(39)21-41(60)47-53-23-38(57-47)28-10-8-27(9-11-28)32-13-14-33(44-37-17-26(5)16-36(54-37)43(32)44)29-12-15-34-35(18-29)56-48(55-34)42-22-31-20-40(31)61(42)50(63)46(25(3)4)59-52(65)67-7/h8-15,18,23-26,30-31,36-37,39-42,45-46,54H,16-17,19-22H2,1-7H3,(H,53,57)(H,55,56)(H,58,64)(H,59,65)/t26?,30?,31?,36?,37?,39?,40-,41-,42+,45-,46-/m0/s1. The molecule has 0 spiro atoms. The Morgan fingerprint density at radius 1 is 0.657 bits per heavy atom. The average Bonchev–Trinajstić information content (AvgIpc) is 3.86. The highest BCUT2D eigenvalue weighted by Gasteiger charge is 2.57. The maximum Gasteiger partial charge on any atom is 0.407 e. The van der Waals surface area contributed by atoms with Crippen LogP contribution in [-0.2, 0) is 19.1 Å². The van der Waals surface area contributed by atoms with E-state index in [4.69, 9.17) is 19.4 Å². The van der Waals surface area contributed by atoms with Crippen molar-refractivity contribution in [3.8, 4) is 33.5 Å². The van der Waals surface area contributed by atoms with Crippen LogP contribution >= 0.6 is 0 Å². The Labute approximate surface area is 390 Å². The summed E-state index contributed by atoms with van der Waals surface area (Å²) in [6.07, 6.45) is 6.44. The van der Waals surface area contributed by atoms with Crippen LogP contribution in [0.4, 0.5) is 9.59 Å². The molecule has 5 N–H and O–H groups in total. The number of nitrogens with one attached hydrogen (secondary N) is 5. The third-order valence-electron chi connectivity index (χ3n) is 15.7. The van der Waals surface area contributed by atoms with Crippen LogP contribution in [0.3, 0.4) is 0 Å². The summed E-state index contributed by atoms with van der Waals surface area (Å²) in [4.78, 5) is 73.4. The van der Waals surface area contributed by atoms with E-state index in [0.717, 1.165) is 83.6 Å². The van der Waals surface area contributed by atoms with Crippen molar-refractivity contribution >= 4 is 35.0 Å². The van der Waals surface area contributed by atoms with Gasteiger partial charge in [-0.05, 0) is 119 Å². The number of aromatic nitrogens is 4. The van der Waals surface area contributed by atoms with Gasteiger partial charge in [-0.25, -0.2) is 19.6 Å². The number of fused-ring (bicyclic) bond motifs is 8. The van der Waals surface area contributed by atoms with Crippen molar-refractivity contribution in [1.29, 1.82) is 0 Å². The lowest BCUT2D eigenvalue weighted by Gasteiger charge is -2.31. The number of amides is 4. The maximum absolute atomic E-state index is 14.1. The second kappa shape index (κ2) is 16.5. The van der Waals surface area contributed by atoms with Crippen molar-refractivity contribution in [2.24, 2.45) is 29.6 Å². The summed E-state index contributed by atoms with van der Waals surface area (Å²) in [5.41, 5.74) is 11.2. The number of imidazole rings is 2. The summed E-state index contributed by atoms with van der Waals surface area (Å²) < 4.78 is 9.70. The minimum Gasteiger partial charge on any atom is -0.453 e. The van der Waals surface area contributed by atoms with Gasteiger partial charge in [0, 0.05) is 24.2 Å². The monoisotopic (exact) mass is 907 g/mol. The first-order valence-electron chi connectivity index (χ1n) is 24.2. The molecule has 2 aromatic heterocycles. The van der Waals surface area contributed by atoms with Crippen LogP contribution in [0.2, 0.25) is 0 Å². The largest absolute Gasteiger partial charge is 0.453 e. The van der Waals surface area contributed by atoms with Gasteiger partial charge in [-0.3, -0.25) is 9.59 Å². The molecule has 11 atom stereocenters. The fraction of sp³-hybridized carbons (Fsp3) is 0.500. The highest BCUT2D eigenvalue weighted by Crippen LogP contribution is 2.56. The summed E-state index contributed by atoms with van der Waals surface area (Å²) in [5.74, 6) is 2.63. The van der Waals surface area contributed by atoms with Crippen LogP contribution < -0.4 is 16.0 Å². The predicted octanol–water partition coefficient (Wildman–Crippen LogP) is 8.49. The van der Waals surface area contributed by atoms with E-state index < -0.39 is 24.3 Å². The summed E-state index contributed by atoms with van der Waals surface area (Å²) >= 11 is 0. The molecule has 15 heteroatoms. The third kappa shape index (κ3) is 7.53. The van der Waals surface area contributed by atoms with Gasteiger partial charge in [0.15, 0.2) is 0 Å². The average molecular weight is 908 g/mol. The molecule has 4 aliphatic heterocycles. The Bertz CT molecular complexity index is 2780. The lowest BCUT2D eigenvalue weighted by molar-refractivity contribution is -0.137. The number of hydrogen-bond donors (Lipinski definition) is 5. The van der Waals surface area contributed by atoms with Gasteiger partial charge in [0.25, 0.3) is 0 Å². The molecule has 6 unspecified atom stereocenters. The van der Waals surface area contributed by atoms with Crippen molar-refractivity contribution in [2.45, 2.75) is 121 Å². The van der Waals surface area contributed by atoms with Crippen molar-refractivity contribution in [2.75, 3.05) is 14.2 Å². The molecule has 5 fully saturated rings. The molecule has 15 nitrogen and oxygen atoms in total. The zero-order valence-electron chi connectivity index (χ0n) is 39.3. The normalized spacial score (nSPS) is 27.4. The van der Waals surface area contributed by atoms with Gasteiger partial charge in [0.05, 0.1) is 49.2 Å². The number of ether oxygens (including phenoxy) is 2. The van der Waals surface area contributed by atoms with E-state index in [-0.39, 0.29) is 59.9 Å². The predicted molar refractivity (Wildman–Crippen MR) is 252 cm³/mol. The number of aromatic amines is 2. The SMILES string of the molecule is COC(=O)N[C@H](C(=O)N1C2CC2C[C@H]1c1ncc(-c2ccc(-c3ccc(-c4ccc5nc([C@H]6CC7C[C@@H]7N6C(=O)[C@@H](NC(=O)OC)C(C)C)[nH]c5c4)c4c3C3CC(C)CC4N3)cc2)[nH]1)C(C)C. The molecule has 3 aromatic carbocycles. The number of rotatable bonds is 11. The zero-order chi connectivity index (χ0) is 46.6. The number of likely N-dealkylation sites (tertiary alicyclic amines) is 2. The number of carbonyl (C=O) groups is 4. The van der Waals surface area contributed by atoms with Crippen LogP contribution in [0.1, 0.15) is 120 Å². The molecule has 2 aliphatic carbocycles. The van der Waals surface area contributed by atoms with Crippen LogP contribution in [0.5, 0.6) is 0 Å². The molecular weight excluding hydrogens is 847 g/mol. The lowest BCUT2D eigenvalue weighted by Crippen LogP contribution is -2.52. The number of piperidine rings is 3. The molecule has 6 aliphatic rings. The number of hydrogen-bond acceptors (Lipinski definition) is 9. The lowest BCUT2D eigenvalue weighted by atomic mass is 9.86. The van der Waals surface area contributed by atoms with Crippen LogP contribution in [0.15, 0.2) is 60.8 Å². The first-order valence-corrected chi connectivity index (χ1v) is 24.2. The second-order valence-corrected chi connectivity index (χ2v) is 20.8. The molecule has 11 rings (SSSR count). The van der Waals surface area contributed by atoms with Crippen molar-refractivity contribution in [3.63, 3.8) is 0 Å². The molecule has 6 heterocycles. The Kier molecular flexibility index (Phi) is 10.7. The molecule has 0 radical (unpaired) electrons. The molecule has 2 bridgehead atoms. The van der Waals surface area contributed by atoms with Gasteiger partial charge in [0.1, 0.15) is 23.7 Å². The zero-order valence-corrected chi connectivity index (χ0v) is 39.3. The van der Waals surface area contributed by atoms with Crippen molar-refractivity contribution < 1.29 is 28.7 Å². The van der Waals surface area contributed by atoms with E-state index in [1.165, 1.54) is 36.5 Å². The van der Waals surface area contributed by atoms with E-state index in [2.05, 4.69) is 87.4 Å². The van der Waals surface area contributed by atoms with Gasteiger partial charge in [-0.15, -0.1) is 0 Å². The molecule has 3 saturated heterocycles. The summed E-state index contributed by atoms with van der Waals surface area (Å²) in [5, 5.41) is 9.54. The van der Waals surface area contributed by atoms with E-state index in [1.54, 1.807) is 0 Å². The molecule has 350 valence electrons. The van der Waals surface area contributed by atoms with Crippen molar-refractivity contribution in [1.82, 2.24) is 45.7 Å². The fourth-order valence-corrected chi connectivity index (χ4v) is 12.2. The number of nitrogens with zero attached hydrogens (tertiary/aromatic N) is 4.